The molecule has 1 N–H and O–H groups in total. The average molecular weight is 294 g/mol. The van der Waals surface area contributed by atoms with Crippen molar-refractivity contribution >= 4 is 5.91 Å². The van der Waals surface area contributed by atoms with Crippen LogP contribution in [-0.2, 0) is 4.79 Å². The van der Waals surface area contributed by atoms with Gasteiger partial charge < -0.3 is 10.2 Å². The molecule has 1 saturated heterocycles. The smallest absolute Gasteiger partial charge is 0.225 e. The first-order chi connectivity index (χ1) is 10.2. The second-order valence-electron chi connectivity index (χ2n) is 7.29. The SMILES string of the molecule is CCCCC1CCC(C(=O)N(C)CC2CCCNC2)CC1. The third kappa shape index (κ3) is 5.28. The number of hydrogen-bond acceptors (Lipinski definition) is 2. The van der Waals surface area contributed by atoms with Crippen molar-refractivity contribution in [2.24, 2.45) is 17.8 Å². The molecule has 1 amide bonds. The van der Waals surface area contributed by atoms with Gasteiger partial charge >= 0.3 is 0 Å². The predicted octanol–water partition coefficient (Wildman–Crippen LogP) is 3.44. The molecule has 2 aliphatic rings. The number of carbonyl (C=O) groups excluding carboxylic acids is 1. The van der Waals surface area contributed by atoms with E-state index in [1.807, 2.05) is 11.9 Å². The molecule has 0 radical (unpaired) electrons. The van der Waals surface area contributed by atoms with Gasteiger partial charge in [0, 0.05) is 19.5 Å². The van der Waals surface area contributed by atoms with Crippen LogP contribution in [0.5, 0.6) is 0 Å². The minimum atomic E-state index is 0.310. The summed E-state index contributed by atoms with van der Waals surface area (Å²) in [6, 6.07) is 0. The van der Waals surface area contributed by atoms with Crippen molar-refractivity contribution in [3.8, 4) is 0 Å². The van der Waals surface area contributed by atoms with Crippen molar-refractivity contribution in [2.45, 2.75) is 64.7 Å². The third-order valence-electron chi connectivity index (χ3n) is 5.47. The van der Waals surface area contributed by atoms with Crippen LogP contribution in [-0.4, -0.2) is 37.5 Å². The number of rotatable bonds is 6. The normalized spacial score (nSPS) is 30.1. The third-order valence-corrected chi connectivity index (χ3v) is 5.47. The Labute approximate surface area is 130 Å². The molecule has 1 aliphatic heterocycles. The molecule has 1 saturated carbocycles. The highest BCUT2D eigenvalue weighted by molar-refractivity contribution is 5.78. The summed E-state index contributed by atoms with van der Waals surface area (Å²) in [6.07, 6.45) is 11.4. The zero-order valence-electron chi connectivity index (χ0n) is 14.1. The minimum Gasteiger partial charge on any atom is -0.345 e. The van der Waals surface area contributed by atoms with E-state index in [4.69, 9.17) is 0 Å². The molecule has 3 heteroatoms. The maximum Gasteiger partial charge on any atom is 0.225 e. The second kappa shape index (κ2) is 8.77. The predicted molar refractivity (Wildman–Crippen MR) is 88.2 cm³/mol. The van der Waals surface area contributed by atoms with E-state index < -0.39 is 0 Å². The Morgan fingerprint density at radius 3 is 2.52 bits per heavy atom. The number of hydrogen-bond donors (Lipinski definition) is 1. The van der Waals surface area contributed by atoms with E-state index in [0.717, 1.165) is 38.4 Å². The minimum absolute atomic E-state index is 0.310. The van der Waals surface area contributed by atoms with E-state index in [1.165, 1.54) is 44.9 Å². The van der Waals surface area contributed by atoms with Crippen molar-refractivity contribution in [1.82, 2.24) is 10.2 Å². The summed E-state index contributed by atoms with van der Waals surface area (Å²) in [4.78, 5) is 14.6. The molecular formula is C18H34N2O. The maximum absolute atomic E-state index is 12.6. The number of unbranched alkanes of at least 4 members (excludes halogenated alkanes) is 1. The fraction of sp³-hybridized carbons (Fsp3) is 0.944. The van der Waals surface area contributed by atoms with Gasteiger partial charge in [0.15, 0.2) is 0 Å². The van der Waals surface area contributed by atoms with Crippen LogP contribution in [0.15, 0.2) is 0 Å². The van der Waals surface area contributed by atoms with Crippen LogP contribution in [0.2, 0.25) is 0 Å². The number of piperidine rings is 1. The summed E-state index contributed by atoms with van der Waals surface area (Å²) in [6.45, 7) is 5.45. The Morgan fingerprint density at radius 2 is 1.90 bits per heavy atom. The van der Waals surface area contributed by atoms with Crippen LogP contribution in [0, 0.1) is 17.8 Å². The molecule has 2 fully saturated rings. The molecule has 0 aromatic carbocycles. The summed E-state index contributed by atoms with van der Waals surface area (Å²) in [5.74, 6) is 2.27. The molecule has 1 aliphatic carbocycles. The topological polar surface area (TPSA) is 32.3 Å². The largest absolute Gasteiger partial charge is 0.345 e. The second-order valence-corrected chi connectivity index (χ2v) is 7.29. The molecule has 0 bridgehead atoms. The Morgan fingerprint density at radius 1 is 1.14 bits per heavy atom. The van der Waals surface area contributed by atoms with Gasteiger partial charge in [-0.05, 0) is 63.5 Å². The standard InChI is InChI=1S/C18H34N2O/c1-3-4-6-15-8-10-17(11-9-15)18(21)20(2)14-16-7-5-12-19-13-16/h15-17,19H,3-14H2,1-2H3. The van der Waals surface area contributed by atoms with Crippen LogP contribution in [0.4, 0.5) is 0 Å². The van der Waals surface area contributed by atoms with Crippen LogP contribution < -0.4 is 5.32 Å². The summed E-state index contributed by atoms with van der Waals surface area (Å²) < 4.78 is 0. The Balaban J connectivity index is 1.70. The van der Waals surface area contributed by atoms with Gasteiger partial charge in [-0.3, -0.25) is 4.79 Å². The van der Waals surface area contributed by atoms with Gasteiger partial charge in [-0.15, -0.1) is 0 Å². The van der Waals surface area contributed by atoms with E-state index in [1.54, 1.807) is 0 Å². The van der Waals surface area contributed by atoms with E-state index in [9.17, 15) is 4.79 Å². The summed E-state index contributed by atoms with van der Waals surface area (Å²) in [7, 11) is 2.01. The van der Waals surface area contributed by atoms with Gasteiger partial charge in [-0.1, -0.05) is 26.2 Å². The molecule has 1 atom stereocenters. The average Bonchev–Trinajstić information content (AvgIpc) is 2.53. The van der Waals surface area contributed by atoms with Gasteiger partial charge in [-0.2, -0.15) is 0 Å². The monoisotopic (exact) mass is 294 g/mol. The molecule has 0 spiro atoms. The van der Waals surface area contributed by atoms with Gasteiger partial charge in [0.25, 0.3) is 0 Å². The quantitative estimate of drug-likeness (QED) is 0.814. The molecule has 1 heterocycles. The Bertz CT molecular complexity index is 304. The molecule has 122 valence electrons. The lowest BCUT2D eigenvalue weighted by Gasteiger charge is -2.33. The first-order valence-electron chi connectivity index (χ1n) is 9.16. The number of nitrogens with zero attached hydrogens (tertiary/aromatic N) is 1. The highest BCUT2D eigenvalue weighted by atomic mass is 16.2. The van der Waals surface area contributed by atoms with Gasteiger partial charge in [0.1, 0.15) is 0 Å². The molecule has 21 heavy (non-hydrogen) atoms. The lowest BCUT2D eigenvalue weighted by Crippen LogP contribution is -2.41. The summed E-state index contributed by atoms with van der Waals surface area (Å²) in [5.41, 5.74) is 0. The van der Waals surface area contributed by atoms with Crippen LogP contribution in [0.3, 0.4) is 0 Å². The first kappa shape index (κ1) is 16.8. The lowest BCUT2D eigenvalue weighted by atomic mass is 9.79. The van der Waals surface area contributed by atoms with Gasteiger partial charge in [0.05, 0.1) is 0 Å². The maximum atomic E-state index is 12.6. The van der Waals surface area contributed by atoms with Gasteiger partial charge in [0.2, 0.25) is 5.91 Å². The van der Waals surface area contributed by atoms with Crippen molar-refractivity contribution in [2.75, 3.05) is 26.7 Å². The summed E-state index contributed by atoms with van der Waals surface area (Å²) in [5, 5.41) is 3.45. The van der Waals surface area contributed by atoms with Crippen molar-refractivity contribution in [3.63, 3.8) is 0 Å². The number of carbonyl (C=O) groups is 1. The van der Waals surface area contributed by atoms with E-state index in [0.29, 0.717) is 17.7 Å². The zero-order chi connectivity index (χ0) is 15.1. The molecule has 0 aromatic rings. The molecule has 3 nitrogen and oxygen atoms in total. The Kier molecular flexibility index (Phi) is 7.01. The summed E-state index contributed by atoms with van der Waals surface area (Å²) >= 11 is 0. The van der Waals surface area contributed by atoms with E-state index >= 15 is 0 Å². The van der Waals surface area contributed by atoms with Crippen LogP contribution in [0.25, 0.3) is 0 Å². The van der Waals surface area contributed by atoms with Crippen molar-refractivity contribution in [3.05, 3.63) is 0 Å². The van der Waals surface area contributed by atoms with Crippen LogP contribution in [0.1, 0.15) is 64.7 Å². The lowest BCUT2D eigenvalue weighted by molar-refractivity contribution is -0.136. The molecular weight excluding hydrogens is 260 g/mol. The zero-order valence-corrected chi connectivity index (χ0v) is 14.1. The fourth-order valence-corrected chi connectivity index (χ4v) is 4.06. The first-order valence-corrected chi connectivity index (χ1v) is 9.16. The van der Waals surface area contributed by atoms with Crippen LogP contribution >= 0.6 is 0 Å². The molecule has 2 rings (SSSR count). The van der Waals surface area contributed by atoms with Gasteiger partial charge in [-0.25, -0.2) is 0 Å². The number of amides is 1. The fourth-order valence-electron chi connectivity index (χ4n) is 4.06. The van der Waals surface area contributed by atoms with E-state index in [-0.39, 0.29) is 0 Å². The molecule has 0 aromatic heterocycles. The molecule has 1 unspecified atom stereocenters. The van der Waals surface area contributed by atoms with Crippen molar-refractivity contribution in [1.29, 1.82) is 0 Å². The Hall–Kier alpha value is -0.570. The van der Waals surface area contributed by atoms with Crippen molar-refractivity contribution < 1.29 is 4.79 Å². The number of nitrogens with one attached hydrogen (secondary N) is 1. The van der Waals surface area contributed by atoms with E-state index in [2.05, 4.69) is 12.2 Å². The highest BCUT2D eigenvalue weighted by Gasteiger charge is 2.29. The highest BCUT2D eigenvalue weighted by Crippen LogP contribution is 2.32.